The van der Waals surface area contributed by atoms with Gasteiger partial charge in [0.1, 0.15) is 0 Å². The van der Waals surface area contributed by atoms with Crippen molar-refractivity contribution in [1.29, 1.82) is 0 Å². The highest BCUT2D eigenvalue weighted by atomic mass is 32.2. The summed E-state index contributed by atoms with van der Waals surface area (Å²) < 4.78 is 0. The maximum absolute atomic E-state index is 12.6. The second-order valence-electron chi connectivity index (χ2n) is 6.19. The number of amides is 3. The molecular formula is C21H20N2O3S. The van der Waals surface area contributed by atoms with E-state index >= 15 is 0 Å². The molecule has 2 aromatic rings. The van der Waals surface area contributed by atoms with E-state index in [0.29, 0.717) is 17.0 Å². The van der Waals surface area contributed by atoms with Gasteiger partial charge in [-0.15, -0.1) is 0 Å². The summed E-state index contributed by atoms with van der Waals surface area (Å²) in [6, 6.07) is 16.4. The van der Waals surface area contributed by atoms with Gasteiger partial charge in [0.25, 0.3) is 17.1 Å². The maximum Gasteiger partial charge on any atom is 0.293 e. The summed E-state index contributed by atoms with van der Waals surface area (Å²) >= 11 is 0.938. The molecule has 0 aliphatic carbocycles. The lowest BCUT2D eigenvalue weighted by atomic mass is 10.1. The predicted molar refractivity (Wildman–Crippen MR) is 107 cm³/mol. The Hall–Kier alpha value is -2.86. The van der Waals surface area contributed by atoms with Crippen molar-refractivity contribution < 1.29 is 14.4 Å². The Balaban J connectivity index is 1.74. The van der Waals surface area contributed by atoms with E-state index < -0.39 is 0 Å². The second kappa shape index (κ2) is 8.22. The van der Waals surface area contributed by atoms with Gasteiger partial charge in [-0.3, -0.25) is 19.3 Å². The van der Waals surface area contributed by atoms with Crippen molar-refractivity contribution in [1.82, 2.24) is 9.80 Å². The molecule has 3 amide bonds. The van der Waals surface area contributed by atoms with Gasteiger partial charge in [0.05, 0.1) is 11.4 Å². The SMILES string of the molecule is CCN(C)C(=O)c1ccc(C=C2SC(=O)N(Cc3ccccc3)C2=O)cc1. The summed E-state index contributed by atoms with van der Waals surface area (Å²) in [6.45, 7) is 2.81. The molecule has 6 heteroatoms. The van der Waals surface area contributed by atoms with Crippen LogP contribution in [-0.2, 0) is 11.3 Å². The minimum atomic E-state index is -0.292. The molecule has 1 heterocycles. The Morgan fingerprint density at radius 1 is 1.07 bits per heavy atom. The van der Waals surface area contributed by atoms with Gasteiger partial charge in [0.2, 0.25) is 0 Å². The van der Waals surface area contributed by atoms with Crippen molar-refractivity contribution in [2.45, 2.75) is 13.5 Å². The van der Waals surface area contributed by atoms with Crippen LogP contribution >= 0.6 is 11.8 Å². The summed E-state index contributed by atoms with van der Waals surface area (Å²) in [5.74, 6) is -0.341. The van der Waals surface area contributed by atoms with Gasteiger partial charge in [0.15, 0.2) is 0 Å². The fourth-order valence-corrected chi connectivity index (χ4v) is 3.48. The van der Waals surface area contributed by atoms with Crippen LogP contribution in [0.4, 0.5) is 4.79 Å². The van der Waals surface area contributed by atoms with Crippen LogP contribution in [0, 0.1) is 0 Å². The molecule has 0 radical (unpaired) electrons. The molecule has 0 unspecified atom stereocenters. The van der Waals surface area contributed by atoms with E-state index in [4.69, 9.17) is 0 Å². The number of benzene rings is 2. The standard InChI is InChI=1S/C21H20N2O3S/c1-3-22(2)19(24)17-11-9-15(10-12-17)13-18-20(25)23(21(26)27-18)14-16-7-5-4-6-8-16/h4-13H,3,14H2,1-2H3. The smallest absolute Gasteiger partial charge is 0.293 e. The molecule has 0 aromatic heterocycles. The molecule has 2 aromatic carbocycles. The van der Waals surface area contributed by atoms with Crippen molar-refractivity contribution in [3.8, 4) is 0 Å². The van der Waals surface area contributed by atoms with Crippen LogP contribution in [0.5, 0.6) is 0 Å². The molecule has 0 atom stereocenters. The van der Waals surface area contributed by atoms with Crippen LogP contribution in [0.1, 0.15) is 28.4 Å². The predicted octanol–water partition coefficient (Wildman–Crippen LogP) is 4.02. The third-order valence-electron chi connectivity index (χ3n) is 4.33. The first-order chi connectivity index (χ1) is 13.0. The fraction of sp³-hybridized carbons (Fsp3) is 0.190. The first-order valence-corrected chi connectivity index (χ1v) is 9.46. The Bertz CT molecular complexity index is 891. The van der Waals surface area contributed by atoms with E-state index in [-0.39, 0.29) is 23.6 Å². The minimum Gasteiger partial charge on any atom is -0.342 e. The van der Waals surface area contributed by atoms with Crippen LogP contribution in [0.25, 0.3) is 6.08 Å². The van der Waals surface area contributed by atoms with Gasteiger partial charge in [-0.25, -0.2) is 0 Å². The topological polar surface area (TPSA) is 57.7 Å². The number of carbonyl (C=O) groups excluding carboxylic acids is 3. The van der Waals surface area contributed by atoms with Crippen molar-refractivity contribution >= 4 is 34.9 Å². The minimum absolute atomic E-state index is 0.0489. The summed E-state index contributed by atoms with van der Waals surface area (Å²) in [5.41, 5.74) is 2.27. The van der Waals surface area contributed by atoms with Crippen LogP contribution < -0.4 is 0 Å². The number of thioether (sulfide) groups is 1. The third kappa shape index (κ3) is 4.28. The molecule has 1 saturated heterocycles. The zero-order chi connectivity index (χ0) is 19.4. The van der Waals surface area contributed by atoms with Crippen LogP contribution in [-0.4, -0.2) is 40.4 Å². The van der Waals surface area contributed by atoms with Crippen LogP contribution in [0.3, 0.4) is 0 Å². The second-order valence-corrected chi connectivity index (χ2v) is 7.19. The molecule has 1 aliphatic heterocycles. The van der Waals surface area contributed by atoms with Crippen molar-refractivity contribution in [3.63, 3.8) is 0 Å². The van der Waals surface area contributed by atoms with Gasteiger partial charge in [-0.2, -0.15) is 0 Å². The first kappa shape index (κ1) is 18.9. The van der Waals surface area contributed by atoms with Gasteiger partial charge >= 0.3 is 0 Å². The lowest BCUT2D eigenvalue weighted by Gasteiger charge is -2.14. The van der Waals surface area contributed by atoms with Crippen molar-refractivity contribution in [2.75, 3.05) is 13.6 Å². The molecule has 0 saturated carbocycles. The Morgan fingerprint density at radius 3 is 2.37 bits per heavy atom. The molecule has 1 fully saturated rings. The largest absolute Gasteiger partial charge is 0.342 e. The molecule has 27 heavy (non-hydrogen) atoms. The van der Waals surface area contributed by atoms with Gasteiger partial charge in [-0.1, -0.05) is 42.5 Å². The molecular weight excluding hydrogens is 360 g/mol. The average Bonchev–Trinajstić information content (AvgIpc) is 2.95. The number of imide groups is 1. The zero-order valence-corrected chi connectivity index (χ0v) is 16.0. The molecule has 0 N–H and O–H groups in total. The highest BCUT2D eigenvalue weighted by molar-refractivity contribution is 8.18. The van der Waals surface area contributed by atoms with Gasteiger partial charge < -0.3 is 4.90 Å². The van der Waals surface area contributed by atoms with E-state index in [2.05, 4.69) is 0 Å². The molecule has 138 valence electrons. The van der Waals surface area contributed by atoms with Crippen molar-refractivity contribution in [3.05, 3.63) is 76.2 Å². The van der Waals surface area contributed by atoms with E-state index in [1.807, 2.05) is 37.3 Å². The molecule has 1 aliphatic rings. The maximum atomic E-state index is 12.6. The number of rotatable bonds is 5. The Kier molecular flexibility index (Phi) is 5.76. The van der Waals surface area contributed by atoms with Gasteiger partial charge in [0, 0.05) is 19.2 Å². The van der Waals surface area contributed by atoms with E-state index in [0.717, 1.165) is 22.9 Å². The van der Waals surface area contributed by atoms with Gasteiger partial charge in [-0.05, 0) is 48.0 Å². The summed E-state index contributed by atoms with van der Waals surface area (Å²) in [7, 11) is 1.75. The molecule has 0 bridgehead atoms. The summed E-state index contributed by atoms with van der Waals surface area (Å²) in [5, 5.41) is -0.272. The normalized spacial score (nSPS) is 15.5. The summed E-state index contributed by atoms with van der Waals surface area (Å²) in [4.78, 5) is 40.2. The van der Waals surface area contributed by atoms with Crippen LogP contribution in [0.15, 0.2) is 59.5 Å². The lowest BCUT2D eigenvalue weighted by molar-refractivity contribution is -0.123. The molecule has 5 nitrogen and oxygen atoms in total. The molecule has 3 rings (SSSR count). The number of nitrogens with zero attached hydrogens (tertiary/aromatic N) is 2. The third-order valence-corrected chi connectivity index (χ3v) is 5.24. The quantitative estimate of drug-likeness (QED) is 0.736. The highest BCUT2D eigenvalue weighted by Gasteiger charge is 2.34. The highest BCUT2D eigenvalue weighted by Crippen LogP contribution is 2.33. The van der Waals surface area contributed by atoms with Crippen molar-refractivity contribution in [2.24, 2.45) is 0 Å². The number of hydrogen-bond acceptors (Lipinski definition) is 4. The zero-order valence-electron chi connectivity index (χ0n) is 15.2. The molecule has 0 spiro atoms. The Labute approximate surface area is 162 Å². The van der Waals surface area contributed by atoms with E-state index in [1.54, 1.807) is 42.3 Å². The summed E-state index contributed by atoms with van der Waals surface area (Å²) in [6.07, 6.45) is 1.69. The lowest BCUT2D eigenvalue weighted by Crippen LogP contribution is -2.27. The average molecular weight is 380 g/mol. The fourth-order valence-electron chi connectivity index (χ4n) is 2.64. The number of hydrogen-bond donors (Lipinski definition) is 0. The Morgan fingerprint density at radius 2 is 1.74 bits per heavy atom. The van der Waals surface area contributed by atoms with E-state index in [9.17, 15) is 14.4 Å². The van der Waals surface area contributed by atoms with E-state index in [1.165, 1.54) is 4.90 Å². The first-order valence-electron chi connectivity index (χ1n) is 8.64. The number of carbonyl (C=O) groups is 3. The monoisotopic (exact) mass is 380 g/mol. The van der Waals surface area contributed by atoms with Crippen LogP contribution in [0.2, 0.25) is 0 Å².